The van der Waals surface area contributed by atoms with Crippen LogP contribution < -0.4 is 5.32 Å². The van der Waals surface area contributed by atoms with Crippen LogP contribution in [0.5, 0.6) is 0 Å². The van der Waals surface area contributed by atoms with Crippen LogP contribution in [0.1, 0.15) is 31.2 Å². The van der Waals surface area contributed by atoms with Crippen molar-refractivity contribution < 1.29 is 9.50 Å². The Hall–Kier alpha value is -2.58. The molecule has 6 nitrogen and oxygen atoms in total. The topological polar surface area (TPSA) is 75.9 Å². The predicted molar refractivity (Wildman–Crippen MR) is 108 cm³/mol. The van der Waals surface area contributed by atoms with E-state index in [1.54, 1.807) is 17.7 Å². The fourth-order valence-corrected chi connectivity index (χ4v) is 4.80. The zero-order valence-electron chi connectivity index (χ0n) is 15.2. The zero-order chi connectivity index (χ0) is 19.1. The monoisotopic (exact) mass is 397 g/mol. The molecule has 28 heavy (non-hydrogen) atoms. The zero-order valence-corrected chi connectivity index (χ0v) is 16.0. The first kappa shape index (κ1) is 17.5. The van der Waals surface area contributed by atoms with Crippen LogP contribution in [-0.4, -0.2) is 36.8 Å². The number of benzene rings is 1. The van der Waals surface area contributed by atoms with Gasteiger partial charge >= 0.3 is 0 Å². The van der Waals surface area contributed by atoms with Gasteiger partial charge < -0.3 is 15.0 Å². The normalized spacial score (nSPS) is 20.1. The van der Waals surface area contributed by atoms with Gasteiger partial charge in [0.1, 0.15) is 11.3 Å². The minimum atomic E-state index is -0.382. The fourth-order valence-electron chi connectivity index (χ4n) is 3.80. The van der Waals surface area contributed by atoms with Gasteiger partial charge in [-0.25, -0.2) is 19.3 Å². The van der Waals surface area contributed by atoms with Crippen molar-refractivity contribution in [2.75, 3.05) is 5.32 Å². The number of imidazole rings is 1. The number of aliphatic hydroxyl groups is 1. The van der Waals surface area contributed by atoms with Gasteiger partial charge in [0.15, 0.2) is 10.8 Å². The molecule has 0 spiro atoms. The number of nitrogens with zero attached hydrogens (tertiary/aromatic N) is 4. The lowest BCUT2D eigenvalue weighted by Crippen LogP contribution is -2.36. The standard InChI is InChI=1S/C20H20FN5OS/c21-13-8-16-19(22-9-13)26(11-23-16)10-12-5-6-15-18(7-12)28-20(25-15)24-14-3-1-2-4-17(14)27/h5-9,11,14,17,27H,1-4,10H2,(H,24,25)/t14-,17+/m0/s1. The van der Waals surface area contributed by atoms with Crippen LogP contribution >= 0.6 is 11.3 Å². The number of thiazole rings is 1. The van der Waals surface area contributed by atoms with E-state index in [-0.39, 0.29) is 18.0 Å². The molecule has 0 radical (unpaired) electrons. The first-order chi connectivity index (χ1) is 13.7. The highest BCUT2D eigenvalue weighted by molar-refractivity contribution is 7.22. The molecule has 0 aliphatic heterocycles. The second kappa shape index (κ2) is 7.10. The van der Waals surface area contributed by atoms with Crippen LogP contribution in [0.3, 0.4) is 0 Å². The summed E-state index contributed by atoms with van der Waals surface area (Å²) in [6, 6.07) is 7.64. The fraction of sp³-hybridized carbons (Fsp3) is 0.350. The quantitative estimate of drug-likeness (QED) is 0.545. The van der Waals surface area contributed by atoms with E-state index >= 15 is 0 Å². The minimum absolute atomic E-state index is 0.0811. The Morgan fingerprint density at radius 2 is 2.07 bits per heavy atom. The van der Waals surface area contributed by atoms with E-state index in [4.69, 9.17) is 0 Å². The average Bonchev–Trinajstić information content (AvgIpc) is 3.26. The van der Waals surface area contributed by atoms with Crippen LogP contribution in [-0.2, 0) is 6.54 Å². The number of nitrogens with one attached hydrogen (secondary N) is 1. The van der Waals surface area contributed by atoms with E-state index in [1.165, 1.54) is 12.3 Å². The van der Waals surface area contributed by atoms with E-state index in [2.05, 4.69) is 26.3 Å². The molecule has 1 aliphatic rings. The number of fused-ring (bicyclic) bond motifs is 2. The summed E-state index contributed by atoms with van der Waals surface area (Å²) in [5, 5.41) is 14.4. The van der Waals surface area contributed by atoms with Crippen molar-refractivity contribution in [3.63, 3.8) is 0 Å². The van der Waals surface area contributed by atoms with E-state index in [9.17, 15) is 9.50 Å². The Balaban J connectivity index is 1.38. The molecule has 1 saturated carbocycles. The van der Waals surface area contributed by atoms with Crippen LogP contribution in [0.15, 0.2) is 36.8 Å². The van der Waals surface area contributed by atoms with Crippen LogP contribution in [0.25, 0.3) is 21.4 Å². The van der Waals surface area contributed by atoms with E-state index in [0.717, 1.165) is 46.6 Å². The lowest BCUT2D eigenvalue weighted by atomic mass is 9.93. The number of hydrogen-bond donors (Lipinski definition) is 2. The largest absolute Gasteiger partial charge is 0.391 e. The molecule has 0 bridgehead atoms. The van der Waals surface area contributed by atoms with Gasteiger partial charge in [0.05, 0.1) is 41.4 Å². The summed E-state index contributed by atoms with van der Waals surface area (Å²) in [6.45, 7) is 0.604. The van der Waals surface area contributed by atoms with Crippen molar-refractivity contribution in [1.82, 2.24) is 19.5 Å². The molecule has 1 aliphatic carbocycles. The molecule has 3 aromatic heterocycles. The smallest absolute Gasteiger partial charge is 0.184 e. The Kier molecular flexibility index (Phi) is 4.44. The van der Waals surface area contributed by atoms with E-state index in [0.29, 0.717) is 17.7 Å². The van der Waals surface area contributed by atoms with Gasteiger partial charge in [-0.3, -0.25) is 0 Å². The molecule has 4 aromatic rings. The molecule has 5 rings (SSSR count). The first-order valence-corrected chi connectivity index (χ1v) is 10.3. The number of rotatable bonds is 4. The van der Waals surface area contributed by atoms with Gasteiger partial charge in [-0.05, 0) is 30.5 Å². The van der Waals surface area contributed by atoms with Crippen molar-refractivity contribution in [1.29, 1.82) is 0 Å². The Bertz CT molecular complexity index is 1140. The second-order valence-electron chi connectivity index (χ2n) is 7.29. The molecule has 0 saturated heterocycles. The molecule has 144 valence electrons. The summed E-state index contributed by atoms with van der Waals surface area (Å²) in [7, 11) is 0. The number of anilines is 1. The van der Waals surface area contributed by atoms with Gasteiger partial charge in [0.25, 0.3) is 0 Å². The number of aliphatic hydroxyl groups excluding tert-OH is 1. The Labute approximate surface area is 165 Å². The molecule has 0 amide bonds. The second-order valence-corrected chi connectivity index (χ2v) is 8.32. The first-order valence-electron chi connectivity index (χ1n) is 9.46. The molecule has 2 N–H and O–H groups in total. The van der Waals surface area contributed by atoms with Crippen LogP contribution in [0.2, 0.25) is 0 Å². The van der Waals surface area contributed by atoms with Gasteiger partial charge in [-0.15, -0.1) is 0 Å². The summed E-state index contributed by atoms with van der Waals surface area (Å²) >= 11 is 1.60. The highest BCUT2D eigenvalue weighted by atomic mass is 32.1. The number of aromatic nitrogens is 4. The highest BCUT2D eigenvalue weighted by Gasteiger charge is 2.23. The van der Waals surface area contributed by atoms with Crippen molar-refractivity contribution in [3.8, 4) is 0 Å². The number of hydrogen-bond acceptors (Lipinski definition) is 6. The summed E-state index contributed by atoms with van der Waals surface area (Å²) in [6.07, 6.45) is 6.65. The highest BCUT2D eigenvalue weighted by Crippen LogP contribution is 2.30. The Morgan fingerprint density at radius 3 is 2.96 bits per heavy atom. The molecular weight excluding hydrogens is 377 g/mol. The van der Waals surface area contributed by atoms with E-state index in [1.807, 2.05) is 16.7 Å². The average molecular weight is 397 g/mol. The molecule has 8 heteroatoms. The number of halogens is 1. The van der Waals surface area contributed by atoms with Gasteiger partial charge in [0.2, 0.25) is 0 Å². The molecular formula is C20H20FN5OS. The number of pyridine rings is 1. The van der Waals surface area contributed by atoms with Crippen molar-refractivity contribution in [2.45, 2.75) is 44.4 Å². The van der Waals surface area contributed by atoms with Gasteiger partial charge in [-0.2, -0.15) is 0 Å². The summed E-state index contributed by atoms with van der Waals surface area (Å²) < 4.78 is 16.3. The van der Waals surface area contributed by atoms with Crippen LogP contribution in [0, 0.1) is 5.82 Å². The lowest BCUT2D eigenvalue weighted by Gasteiger charge is -2.27. The molecule has 1 aromatic carbocycles. The van der Waals surface area contributed by atoms with Crippen molar-refractivity contribution >= 4 is 37.8 Å². The third-order valence-electron chi connectivity index (χ3n) is 5.27. The van der Waals surface area contributed by atoms with E-state index < -0.39 is 0 Å². The lowest BCUT2D eigenvalue weighted by molar-refractivity contribution is 0.116. The maximum absolute atomic E-state index is 13.3. The van der Waals surface area contributed by atoms with Crippen molar-refractivity contribution in [3.05, 3.63) is 48.2 Å². The van der Waals surface area contributed by atoms with Crippen LogP contribution in [0.4, 0.5) is 9.52 Å². The SMILES string of the molecule is O[C@@H]1CCCC[C@@H]1Nc1nc2ccc(Cn3cnc4cc(F)cnc43)cc2s1. The Morgan fingerprint density at radius 1 is 1.18 bits per heavy atom. The maximum Gasteiger partial charge on any atom is 0.184 e. The van der Waals surface area contributed by atoms with Gasteiger partial charge in [0, 0.05) is 6.07 Å². The third-order valence-corrected chi connectivity index (χ3v) is 6.22. The summed E-state index contributed by atoms with van der Waals surface area (Å²) in [5.74, 6) is -0.382. The van der Waals surface area contributed by atoms with Gasteiger partial charge in [-0.1, -0.05) is 30.2 Å². The predicted octanol–water partition coefficient (Wildman–Crippen LogP) is 3.94. The molecule has 2 atom stereocenters. The summed E-state index contributed by atoms with van der Waals surface area (Å²) in [4.78, 5) is 13.1. The molecule has 3 heterocycles. The third kappa shape index (κ3) is 3.33. The maximum atomic E-state index is 13.3. The molecule has 0 unspecified atom stereocenters. The van der Waals surface area contributed by atoms with Crippen molar-refractivity contribution in [2.24, 2.45) is 0 Å². The summed E-state index contributed by atoms with van der Waals surface area (Å²) in [5.41, 5.74) is 3.26. The molecule has 1 fully saturated rings. The minimum Gasteiger partial charge on any atom is -0.391 e.